The van der Waals surface area contributed by atoms with Crippen molar-refractivity contribution < 1.29 is 0 Å². The molecule has 0 saturated heterocycles. The molecule has 5 nitrogen and oxygen atoms in total. The van der Waals surface area contributed by atoms with Crippen molar-refractivity contribution in [2.24, 2.45) is 0 Å². The van der Waals surface area contributed by atoms with Crippen LogP contribution in [0.25, 0.3) is 27.7 Å². The largest absolute Gasteiger partial charge is 0.349 e. The van der Waals surface area contributed by atoms with E-state index >= 15 is 0 Å². The van der Waals surface area contributed by atoms with Crippen LogP contribution in [-0.4, -0.2) is 26.4 Å². The summed E-state index contributed by atoms with van der Waals surface area (Å²) in [6.45, 7) is 4.32. The molecule has 0 aliphatic carbocycles. The number of hydrogen-bond donors (Lipinski definition) is 1. The molecule has 5 heteroatoms. The van der Waals surface area contributed by atoms with Crippen LogP contribution in [0.4, 0.5) is 5.95 Å². The summed E-state index contributed by atoms with van der Waals surface area (Å²) in [6.07, 6.45) is 1.78. The van der Waals surface area contributed by atoms with Crippen LogP contribution in [0.3, 0.4) is 0 Å². The molecule has 0 amide bonds. The number of nitrogens with one attached hydrogen (secondary N) is 1. The second-order valence-corrected chi connectivity index (χ2v) is 5.19. The fourth-order valence-corrected chi connectivity index (χ4v) is 2.66. The molecule has 1 N–H and O–H groups in total. The lowest BCUT2D eigenvalue weighted by Gasteiger charge is -2.08. The first-order valence-corrected chi connectivity index (χ1v) is 7.43. The number of benzene rings is 2. The van der Waals surface area contributed by atoms with Crippen LogP contribution in [0.15, 0.2) is 67.3 Å². The highest BCUT2D eigenvalue weighted by Crippen LogP contribution is 2.29. The summed E-state index contributed by atoms with van der Waals surface area (Å²) in [5.74, 6) is 0.614. The Morgan fingerprint density at radius 1 is 0.957 bits per heavy atom. The van der Waals surface area contributed by atoms with E-state index in [2.05, 4.69) is 40.3 Å². The van der Waals surface area contributed by atoms with Gasteiger partial charge in [0.25, 0.3) is 0 Å². The lowest BCUT2D eigenvalue weighted by molar-refractivity contribution is 0.939. The van der Waals surface area contributed by atoms with Gasteiger partial charge < -0.3 is 5.32 Å². The van der Waals surface area contributed by atoms with Crippen LogP contribution in [-0.2, 0) is 0 Å². The first-order chi connectivity index (χ1) is 11.4. The Kier molecular flexibility index (Phi) is 3.24. The van der Waals surface area contributed by atoms with Gasteiger partial charge in [-0.05, 0) is 0 Å². The van der Waals surface area contributed by atoms with Crippen LogP contribution >= 0.6 is 0 Å². The van der Waals surface area contributed by atoms with Gasteiger partial charge in [0, 0.05) is 22.9 Å². The van der Waals surface area contributed by atoms with Gasteiger partial charge in [0.1, 0.15) is 0 Å². The molecule has 0 saturated carbocycles. The maximum Gasteiger partial charge on any atom is 0.246 e. The number of anilines is 1. The number of fused-ring (bicyclic) bond motifs is 3. The van der Waals surface area contributed by atoms with Crippen molar-refractivity contribution in [3.05, 3.63) is 67.3 Å². The molecule has 112 valence electrons. The highest BCUT2D eigenvalue weighted by molar-refractivity contribution is 6.01. The van der Waals surface area contributed by atoms with Gasteiger partial charge in [-0.2, -0.15) is 9.61 Å². The zero-order chi connectivity index (χ0) is 15.6. The molecule has 2 aromatic heterocycles. The molecule has 0 spiro atoms. The molecule has 0 aliphatic heterocycles. The molecule has 0 fully saturated rings. The van der Waals surface area contributed by atoms with Crippen molar-refractivity contribution in [2.45, 2.75) is 0 Å². The average Bonchev–Trinajstić information content (AvgIpc) is 3.03. The third-order valence-electron chi connectivity index (χ3n) is 3.72. The molecule has 4 rings (SSSR count). The van der Waals surface area contributed by atoms with E-state index in [0.717, 1.165) is 27.7 Å². The molecule has 23 heavy (non-hydrogen) atoms. The van der Waals surface area contributed by atoms with Gasteiger partial charge >= 0.3 is 0 Å². The smallest absolute Gasteiger partial charge is 0.246 e. The number of hydrogen-bond acceptors (Lipinski definition) is 4. The average molecular weight is 301 g/mol. The third kappa shape index (κ3) is 2.23. The van der Waals surface area contributed by atoms with Crippen LogP contribution in [0.2, 0.25) is 0 Å². The van der Waals surface area contributed by atoms with E-state index in [-0.39, 0.29) is 0 Å². The van der Waals surface area contributed by atoms with E-state index in [1.165, 1.54) is 0 Å². The normalized spacial score (nSPS) is 11.0. The maximum atomic E-state index is 4.78. The Balaban J connectivity index is 2.05. The van der Waals surface area contributed by atoms with Gasteiger partial charge in [-0.25, -0.2) is 0 Å². The van der Waals surface area contributed by atoms with E-state index in [0.29, 0.717) is 12.5 Å². The Bertz CT molecular complexity index is 988. The fourth-order valence-electron chi connectivity index (χ4n) is 2.66. The Morgan fingerprint density at radius 2 is 1.70 bits per heavy atom. The molecule has 0 radical (unpaired) electrons. The molecule has 0 aliphatic rings. The second-order valence-electron chi connectivity index (χ2n) is 5.19. The summed E-state index contributed by atoms with van der Waals surface area (Å²) < 4.78 is 1.76. The predicted octanol–water partition coefficient (Wildman–Crippen LogP) is 3.54. The van der Waals surface area contributed by atoms with E-state index in [9.17, 15) is 0 Å². The van der Waals surface area contributed by atoms with Crippen LogP contribution in [0.5, 0.6) is 0 Å². The van der Waals surface area contributed by atoms with Gasteiger partial charge in [-0.15, -0.1) is 16.8 Å². The van der Waals surface area contributed by atoms with Crippen molar-refractivity contribution in [1.29, 1.82) is 0 Å². The number of nitrogens with zero attached hydrogens (tertiary/aromatic N) is 4. The van der Waals surface area contributed by atoms with E-state index in [1.54, 1.807) is 10.6 Å². The number of aromatic nitrogens is 4. The fraction of sp³-hybridized carbons (Fsp3) is 0.0556. The lowest BCUT2D eigenvalue weighted by Crippen LogP contribution is -2.05. The zero-order valence-corrected chi connectivity index (χ0v) is 12.5. The van der Waals surface area contributed by atoms with E-state index in [4.69, 9.17) is 5.10 Å². The standard InChI is InChI=1S/C18H15N5/c1-2-12-19-18-21-20-17-15-11-7-6-10-14(15)16(22-23(17)18)13-8-4-3-5-9-13/h2-11H,1,12H2,(H,19,21). The minimum atomic E-state index is 0.607. The summed E-state index contributed by atoms with van der Waals surface area (Å²) in [6, 6.07) is 18.3. The number of rotatable bonds is 4. The van der Waals surface area contributed by atoms with Gasteiger partial charge in [-0.1, -0.05) is 60.7 Å². The zero-order valence-electron chi connectivity index (χ0n) is 12.5. The molecule has 0 atom stereocenters. The van der Waals surface area contributed by atoms with E-state index in [1.807, 2.05) is 36.4 Å². The molecular formula is C18H15N5. The van der Waals surface area contributed by atoms with Gasteiger partial charge in [0.2, 0.25) is 5.95 Å². The van der Waals surface area contributed by atoms with Crippen molar-refractivity contribution >= 4 is 22.4 Å². The molecule has 2 heterocycles. The summed E-state index contributed by atoms with van der Waals surface area (Å²) in [4.78, 5) is 0. The quantitative estimate of drug-likeness (QED) is 0.586. The van der Waals surface area contributed by atoms with E-state index < -0.39 is 0 Å². The van der Waals surface area contributed by atoms with Crippen LogP contribution < -0.4 is 5.32 Å². The van der Waals surface area contributed by atoms with Crippen LogP contribution in [0.1, 0.15) is 0 Å². The Morgan fingerprint density at radius 3 is 2.48 bits per heavy atom. The maximum absolute atomic E-state index is 4.78. The molecule has 0 unspecified atom stereocenters. The first kappa shape index (κ1) is 13.5. The Hall–Kier alpha value is -3.21. The highest BCUT2D eigenvalue weighted by atomic mass is 15.4. The molecule has 4 aromatic rings. The van der Waals surface area contributed by atoms with Gasteiger partial charge in [-0.3, -0.25) is 0 Å². The first-order valence-electron chi connectivity index (χ1n) is 7.43. The van der Waals surface area contributed by atoms with Crippen molar-refractivity contribution in [2.75, 3.05) is 11.9 Å². The summed E-state index contributed by atoms with van der Waals surface area (Å²) >= 11 is 0. The predicted molar refractivity (Wildman–Crippen MR) is 92.4 cm³/mol. The monoisotopic (exact) mass is 301 g/mol. The molecule has 0 bridgehead atoms. The summed E-state index contributed by atoms with van der Waals surface area (Å²) in [5, 5.41) is 18.5. The summed E-state index contributed by atoms with van der Waals surface area (Å²) in [7, 11) is 0. The Labute approximate surface area is 133 Å². The highest BCUT2D eigenvalue weighted by Gasteiger charge is 2.14. The lowest BCUT2D eigenvalue weighted by atomic mass is 10.1. The van der Waals surface area contributed by atoms with Crippen LogP contribution in [0, 0.1) is 0 Å². The van der Waals surface area contributed by atoms with Crippen molar-refractivity contribution in [3.8, 4) is 11.3 Å². The third-order valence-corrected chi connectivity index (χ3v) is 3.72. The minimum absolute atomic E-state index is 0.607. The molecule has 2 aromatic carbocycles. The van der Waals surface area contributed by atoms with Crippen molar-refractivity contribution in [1.82, 2.24) is 19.8 Å². The van der Waals surface area contributed by atoms with Gasteiger partial charge in [0.05, 0.1) is 5.69 Å². The SMILES string of the molecule is C=CCNc1nnc2c3ccccc3c(-c3ccccc3)nn12. The molecular weight excluding hydrogens is 286 g/mol. The van der Waals surface area contributed by atoms with Crippen molar-refractivity contribution in [3.63, 3.8) is 0 Å². The van der Waals surface area contributed by atoms with Gasteiger partial charge in [0.15, 0.2) is 5.65 Å². The minimum Gasteiger partial charge on any atom is -0.349 e. The summed E-state index contributed by atoms with van der Waals surface area (Å²) in [5.41, 5.74) is 2.72. The second kappa shape index (κ2) is 5.53. The topological polar surface area (TPSA) is 55.1 Å².